The van der Waals surface area contributed by atoms with Crippen LogP contribution < -0.4 is 10.1 Å². The van der Waals surface area contributed by atoms with Gasteiger partial charge in [-0.25, -0.2) is 0 Å². The molecule has 0 radical (unpaired) electrons. The Morgan fingerprint density at radius 3 is 2.29 bits per heavy atom. The Bertz CT molecular complexity index is 829. The summed E-state index contributed by atoms with van der Waals surface area (Å²) in [5.41, 5.74) is 1.79. The molecule has 0 aromatic heterocycles. The van der Waals surface area contributed by atoms with Gasteiger partial charge >= 0.3 is 0 Å². The molecule has 1 unspecified atom stereocenters. The van der Waals surface area contributed by atoms with Crippen LogP contribution >= 0.6 is 0 Å². The van der Waals surface area contributed by atoms with Gasteiger partial charge in [0.2, 0.25) is 5.91 Å². The second-order valence-electron chi connectivity index (χ2n) is 7.88. The van der Waals surface area contributed by atoms with Crippen molar-refractivity contribution in [1.82, 2.24) is 5.32 Å². The minimum Gasteiger partial charge on any atom is -0.457 e. The molecular weight excluding hydrogens is 354 g/mol. The fourth-order valence-corrected chi connectivity index (χ4v) is 4.58. The predicted octanol–water partition coefficient (Wildman–Crippen LogP) is 4.12. The molecule has 2 aromatic rings. The predicted molar refractivity (Wildman–Crippen MR) is 104 cm³/mol. The smallest absolute Gasteiger partial charge is 0.232 e. The Hall–Kier alpha value is -2.37. The van der Waals surface area contributed by atoms with Gasteiger partial charge in [-0.05, 0) is 25.0 Å². The number of hydrogen-bond acceptors (Lipinski definition) is 4. The van der Waals surface area contributed by atoms with Gasteiger partial charge in [0.05, 0.1) is 12.5 Å². The van der Waals surface area contributed by atoms with Crippen molar-refractivity contribution in [1.29, 1.82) is 0 Å². The molecule has 1 N–H and O–H groups in total. The van der Waals surface area contributed by atoms with E-state index in [2.05, 4.69) is 5.32 Å². The van der Waals surface area contributed by atoms with Gasteiger partial charge in [-0.1, -0.05) is 42.8 Å². The quantitative estimate of drug-likeness (QED) is 0.872. The molecule has 1 amide bonds. The maximum absolute atomic E-state index is 13.2. The van der Waals surface area contributed by atoms with Crippen molar-refractivity contribution < 1.29 is 19.0 Å². The SMILES string of the molecule is O=C(NCC1COC2(CCCCC2)O1)C1c2ccccc2Oc2ccccc21. The number of benzene rings is 2. The average molecular weight is 379 g/mol. The highest BCUT2D eigenvalue weighted by Crippen LogP contribution is 2.44. The van der Waals surface area contributed by atoms with Crippen molar-refractivity contribution >= 4 is 5.91 Å². The second-order valence-corrected chi connectivity index (χ2v) is 7.88. The Morgan fingerprint density at radius 1 is 0.964 bits per heavy atom. The fourth-order valence-electron chi connectivity index (χ4n) is 4.58. The lowest BCUT2D eigenvalue weighted by Gasteiger charge is -2.32. The van der Waals surface area contributed by atoms with Crippen molar-refractivity contribution in [2.75, 3.05) is 13.2 Å². The maximum Gasteiger partial charge on any atom is 0.232 e. The van der Waals surface area contributed by atoms with Gasteiger partial charge in [0.1, 0.15) is 17.6 Å². The van der Waals surface area contributed by atoms with E-state index in [0.717, 1.165) is 48.3 Å². The van der Waals surface area contributed by atoms with E-state index >= 15 is 0 Å². The standard InChI is InChI=1S/C23H25NO4/c25-22(24-14-16-15-26-23(28-16)12-6-1-7-13-23)21-17-8-2-4-10-19(17)27-20-11-5-3-9-18(20)21/h2-5,8-11,16,21H,1,6-7,12-15H2,(H,24,25). The van der Waals surface area contributed by atoms with E-state index in [0.29, 0.717) is 13.2 Å². The van der Waals surface area contributed by atoms with Gasteiger partial charge in [0, 0.05) is 30.5 Å². The van der Waals surface area contributed by atoms with Crippen molar-refractivity contribution in [3.05, 3.63) is 59.7 Å². The number of carbonyl (C=O) groups is 1. The van der Waals surface area contributed by atoms with Crippen LogP contribution in [0.1, 0.15) is 49.1 Å². The molecule has 146 valence electrons. The van der Waals surface area contributed by atoms with Crippen molar-refractivity contribution in [3.8, 4) is 11.5 Å². The lowest BCUT2D eigenvalue weighted by atomic mass is 9.87. The van der Waals surface area contributed by atoms with Crippen LogP contribution in [0.25, 0.3) is 0 Å². The first kappa shape index (κ1) is 17.7. The van der Waals surface area contributed by atoms with E-state index in [9.17, 15) is 4.79 Å². The molecule has 5 nitrogen and oxygen atoms in total. The normalized spacial score (nSPS) is 22.9. The number of hydrogen-bond donors (Lipinski definition) is 1. The lowest BCUT2D eigenvalue weighted by Crippen LogP contribution is -2.39. The summed E-state index contributed by atoms with van der Waals surface area (Å²) < 4.78 is 18.2. The third-order valence-electron chi connectivity index (χ3n) is 5.98. The molecule has 5 heteroatoms. The Morgan fingerprint density at radius 2 is 1.61 bits per heavy atom. The Kier molecular flexibility index (Phi) is 4.57. The van der Waals surface area contributed by atoms with Crippen LogP contribution in [0, 0.1) is 0 Å². The topological polar surface area (TPSA) is 56.8 Å². The van der Waals surface area contributed by atoms with Gasteiger partial charge in [0.15, 0.2) is 5.79 Å². The van der Waals surface area contributed by atoms with E-state index in [-0.39, 0.29) is 17.9 Å². The van der Waals surface area contributed by atoms with Crippen LogP contribution in [-0.2, 0) is 14.3 Å². The zero-order valence-corrected chi connectivity index (χ0v) is 15.9. The molecule has 0 bridgehead atoms. The fraction of sp³-hybridized carbons (Fsp3) is 0.435. The van der Waals surface area contributed by atoms with Gasteiger partial charge in [-0.15, -0.1) is 0 Å². The van der Waals surface area contributed by atoms with Crippen molar-refractivity contribution in [3.63, 3.8) is 0 Å². The average Bonchev–Trinajstić information content (AvgIpc) is 3.12. The van der Waals surface area contributed by atoms with Crippen LogP contribution in [-0.4, -0.2) is 30.9 Å². The number of ether oxygens (including phenoxy) is 3. The molecule has 1 atom stereocenters. The monoisotopic (exact) mass is 379 g/mol. The van der Waals surface area contributed by atoms with E-state index in [1.807, 2.05) is 48.5 Å². The maximum atomic E-state index is 13.2. The van der Waals surface area contributed by atoms with Crippen LogP contribution in [0.15, 0.2) is 48.5 Å². The van der Waals surface area contributed by atoms with Gasteiger partial charge in [0.25, 0.3) is 0 Å². The minimum atomic E-state index is -0.411. The van der Waals surface area contributed by atoms with Gasteiger partial charge < -0.3 is 19.5 Å². The summed E-state index contributed by atoms with van der Waals surface area (Å²) >= 11 is 0. The summed E-state index contributed by atoms with van der Waals surface area (Å²) in [5, 5.41) is 3.10. The van der Waals surface area contributed by atoms with E-state index < -0.39 is 5.79 Å². The molecule has 2 heterocycles. The van der Waals surface area contributed by atoms with Gasteiger partial charge in [-0.3, -0.25) is 4.79 Å². The zero-order chi connectivity index (χ0) is 19.0. The van der Waals surface area contributed by atoms with Crippen LogP contribution in [0.4, 0.5) is 0 Å². The summed E-state index contributed by atoms with van der Waals surface area (Å²) in [5.74, 6) is 0.653. The van der Waals surface area contributed by atoms with E-state index in [4.69, 9.17) is 14.2 Å². The summed E-state index contributed by atoms with van der Waals surface area (Å²) in [6.07, 6.45) is 5.37. The third-order valence-corrected chi connectivity index (χ3v) is 5.98. The minimum absolute atomic E-state index is 0.0311. The number of amides is 1. The van der Waals surface area contributed by atoms with Crippen LogP contribution in [0.5, 0.6) is 11.5 Å². The number of nitrogens with one attached hydrogen (secondary N) is 1. The number of fused-ring (bicyclic) bond motifs is 2. The molecule has 1 aliphatic carbocycles. The summed E-state index contributed by atoms with van der Waals surface area (Å²) in [6, 6.07) is 15.5. The first-order valence-corrected chi connectivity index (χ1v) is 10.2. The molecular formula is C23H25NO4. The summed E-state index contributed by atoms with van der Waals surface area (Å²) in [4.78, 5) is 13.2. The Balaban J connectivity index is 1.31. The summed E-state index contributed by atoms with van der Waals surface area (Å²) in [7, 11) is 0. The molecule has 1 saturated heterocycles. The Labute approximate surface area is 165 Å². The largest absolute Gasteiger partial charge is 0.457 e. The van der Waals surface area contributed by atoms with Gasteiger partial charge in [-0.2, -0.15) is 0 Å². The zero-order valence-electron chi connectivity index (χ0n) is 15.9. The molecule has 1 spiro atoms. The van der Waals surface area contributed by atoms with Crippen molar-refractivity contribution in [2.24, 2.45) is 0 Å². The molecule has 2 aromatic carbocycles. The lowest BCUT2D eigenvalue weighted by molar-refractivity contribution is -0.186. The molecule has 2 aliphatic heterocycles. The van der Waals surface area contributed by atoms with Crippen LogP contribution in [0.3, 0.4) is 0 Å². The number of rotatable bonds is 3. The molecule has 3 aliphatic rings. The first-order valence-electron chi connectivity index (χ1n) is 10.2. The number of para-hydroxylation sites is 2. The first-order chi connectivity index (χ1) is 13.7. The van der Waals surface area contributed by atoms with E-state index in [1.54, 1.807) is 0 Å². The highest BCUT2D eigenvalue weighted by atomic mass is 16.7. The molecule has 5 rings (SSSR count). The highest BCUT2D eigenvalue weighted by molar-refractivity contribution is 5.89. The molecule has 2 fully saturated rings. The molecule has 28 heavy (non-hydrogen) atoms. The highest BCUT2D eigenvalue weighted by Gasteiger charge is 2.42. The number of carbonyl (C=O) groups excluding carboxylic acids is 1. The van der Waals surface area contributed by atoms with Crippen LogP contribution in [0.2, 0.25) is 0 Å². The van der Waals surface area contributed by atoms with E-state index in [1.165, 1.54) is 6.42 Å². The second kappa shape index (κ2) is 7.22. The third kappa shape index (κ3) is 3.19. The molecule has 1 saturated carbocycles. The summed E-state index contributed by atoms with van der Waals surface area (Å²) in [6.45, 7) is 1.00. The van der Waals surface area contributed by atoms with Crippen molar-refractivity contribution in [2.45, 2.75) is 49.9 Å².